The van der Waals surface area contributed by atoms with E-state index in [1.165, 1.54) is 28.4 Å². The summed E-state index contributed by atoms with van der Waals surface area (Å²) >= 11 is 0. The molecule has 0 amide bonds. The van der Waals surface area contributed by atoms with E-state index in [0.29, 0.717) is 46.7 Å². The van der Waals surface area contributed by atoms with Gasteiger partial charge in [0, 0.05) is 35.5 Å². The van der Waals surface area contributed by atoms with Crippen LogP contribution in [-0.4, -0.2) is 63.4 Å². The van der Waals surface area contributed by atoms with Gasteiger partial charge < -0.3 is 29.2 Å². The summed E-state index contributed by atoms with van der Waals surface area (Å²) in [5.41, 5.74) is 4.41. The highest BCUT2D eigenvalue weighted by atomic mass is 16.5. The number of unbranched alkanes of at least 4 members (excludes halogenated alkanes) is 14. The van der Waals surface area contributed by atoms with Crippen LogP contribution in [0.1, 0.15) is 129 Å². The number of aliphatic hydroxyl groups is 2. The average molecular weight is 645 g/mol. The highest BCUT2D eigenvalue weighted by Crippen LogP contribution is 2.44. The van der Waals surface area contributed by atoms with Crippen molar-refractivity contribution < 1.29 is 38.7 Å². The minimum Gasteiger partial charge on any atom is -0.492 e. The molecule has 0 unspecified atom stereocenters. The largest absolute Gasteiger partial charge is 0.492 e. The molecule has 46 heavy (non-hydrogen) atoms. The third-order valence-electron chi connectivity index (χ3n) is 9.22. The summed E-state index contributed by atoms with van der Waals surface area (Å²) in [5, 5.41) is 17.9. The number of carbonyl (C=O) groups is 2. The molecule has 0 heterocycles. The molecule has 8 nitrogen and oxygen atoms in total. The van der Waals surface area contributed by atoms with Gasteiger partial charge in [0.1, 0.15) is 0 Å². The molecule has 0 bridgehead atoms. The molecule has 8 heteroatoms. The van der Waals surface area contributed by atoms with Crippen LogP contribution in [0.15, 0.2) is 56.5 Å². The van der Waals surface area contributed by atoms with Gasteiger partial charge in [-0.3, -0.25) is 9.59 Å². The first-order chi connectivity index (χ1) is 22.3. The summed E-state index contributed by atoms with van der Waals surface area (Å²) in [7, 11) is 6.04. The van der Waals surface area contributed by atoms with E-state index in [-0.39, 0.29) is 36.3 Å². The maximum absolute atomic E-state index is 13.7. The molecule has 0 fully saturated rings. The minimum atomic E-state index is -0.162. The van der Waals surface area contributed by atoms with Crippen LogP contribution in [0.5, 0.6) is 0 Å². The van der Waals surface area contributed by atoms with Crippen LogP contribution in [-0.2, 0) is 28.5 Å². The second kappa shape index (κ2) is 21.9. The van der Waals surface area contributed by atoms with E-state index in [1.807, 2.05) is 13.8 Å². The topological polar surface area (TPSA) is 112 Å². The number of ketones is 2. The summed E-state index contributed by atoms with van der Waals surface area (Å²) in [6.45, 7) is 4.43. The molecule has 0 aliphatic heterocycles. The molecule has 0 saturated carbocycles. The Hall–Kier alpha value is -2.84. The Balaban J connectivity index is 2.39. The van der Waals surface area contributed by atoms with Crippen molar-refractivity contribution in [3.63, 3.8) is 0 Å². The van der Waals surface area contributed by atoms with E-state index in [9.17, 15) is 9.59 Å². The van der Waals surface area contributed by atoms with Gasteiger partial charge in [-0.1, -0.05) is 77.0 Å². The molecule has 0 aromatic heterocycles. The number of ether oxygens (including phenoxy) is 4. The summed E-state index contributed by atoms with van der Waals surface area (Å²) in [6.07, 6.45) is 18.1. The lowest BCUT2D eigenvalue weighted by Crippen LogP contribution is -2.25. The predicted octanol–water partition coefficient (Wildman–Crippen LogP) is 8.10. The van der Waals surface area contributed by atoms with Crippen LogP contribution in [0, 0.1) is 0 Å². The molecule has 2 aliphatic carbocycles. The molecule has 0 saturated heterocycles. The van der Waals surface area contributed by atoms with Crippen LogP contribution in [0.2, 0.25) is 0 Å². The third-order valence-corrected chi connectivity index (χ3v) is 9.22. The van der Waals surface area contributed by atoms with Gasteiger partial charge in [-0.25, -0.2) is 0 Å². The molecule has 2 aliphatic rings. The second-order valence-electron chi connectivity index (χ2n) is 12.4. The Morgan fingerprint density at radius 2 is 0.674 bits per heavy atom. The first-order valence-corrected chi connectivity index (χ1v) is 17.4. The molecule has 0 radical (unpaired) electrons. The Morgan fingerprint density at radius 1 is 0.413 bits per heavy atom. The van der Waals surface area contributed by atoms with Crippen LogP contribution >= 0.6 is 0 Å². The Labute approximate surface area is 277 Å². The number of allylic oxidation sites excluding steroid dienone is 4. The van der Waals surface area contributed by atoms with E-state index in [2.05, 4.69) is 0 Å². The Kier molecular flexibility index (Phi) is 18.7. The quantitative estimate of drug-likeness (QED) is 0.101. The van der Waals surface area contributed by atoms with E-state index in [0.717, 1.165) is 114 Å². The van der Waals surface area contributed by atoms with Gasteiger partial charge >= 0.3 is 0 Å². The van der Waals surface area contributed by atoms with Crippen molar-refractivity contribution >= 4 is 11.6 Å². The summed E-state index contributed by atoms with van der Waals surface area (Å²) in [5.74, 6) is 0.676. The van der Waals surface area contributed by atoms with Crippen LogP contribution in [0.25, 0.3) is 0 Å². The molecule has 260 valence electrons. The average Bonchev–Trinajstić information content (AvgIpc) is 3.05. The molecular formula is C38H60O8. The van der Waals surface area contributed by atoms with Gasteiger partial charge in [-0.05, 0) is 63.5 Å². The lowest BCUT2D eigenvalue weighted by Gasteiger charge is -2.30. The van der Waals surface area contributed by atoms with E-state index >= 15 is 0 Å². The number of hydrogen-bond donors (Lipinski definition) is 2. The molecule has 0 aromatic carbocycles. The van der Waals surface area contributed by atoms with Gasteiger partial charge in [0.2, 0.25) is 23.1 Å². The number of methoxy groups -OCH3 is 4. The standard InChI is InChI=1S/C38H60O8/c1-27-29(23-19-15-11-7-9-13-17-21-25-39)33(41)37(45-5)35(43-3)31(27)32-28(2)30(34(42)38(46-6)36(32)44-4)24-20-16-12-8-10-14-18-22-26-40/h39-40H,7-26H2,1-6H3/b32-31-. The lowest BCUT2D eigenvalue weighted by molar-refractivity contribution is -0.116. The fourth-order valence-electron chi connectivity index (χ4n) is 6.60. The Bertz CT molecular complexity index is 1080. The van der Waals surface area contributed by atoms with Crippen molar-refractivity contribution in [1.29, 1.82) is 0 Å². The van der Waals surface area contributed by atoms with Crippen molar-refractivity contribution in [2.75, 3.05) is 41.7 Å². The van der Waals surface area contributed by atoms with Gasteiger partial charge in [0.05, 0.1) is 28.4 Å². The maximum atomic E-state index is 13.7. The minimum absolute atomic E-state index is 0.161. The van der Waals surface area contributed by atoms with Crippen molar-refractivity contribution in [1.82, 2.24) is 0 Å². The summed E-state index contributed by atoms with van der Waals surface area (Å²) in [4.78, 5) is 27.4. The maximum Gasteiger partial charge on any atom is 0.227 e. The SMILES string of the molecule is COC1=C(OC)/C(=C2/C(C)=C(CCCCCCCCCCO)C(=O)C(OC)=C2OC)C(C)=C(CCCCCCCCCCO)C1=O. The molecule has 2 rings (SSSR count). The number of Topliss-reactive ketones (excluding diaryl/α,β-unsaturated/α-hetero) is 2. The highest BCUT2D eigenvalue weighted by Gasteiger charge is 2.39. The molecule has 0 atom stereocenters. The van der Waals surface area contributed by atoms with Crippen LogP contribution in [0.4, 0.5) is 0 Å². The first kappa shape index (κ1) is 39.3. The van der Waals surface area contributed by atoms with Gasteiger partial charge in [0.15, 0.2) is 11.5 Å². The summed E-state index contributed by atoms with van der Waals surface area (Å²) in [6, 6.07) is 0. The smallest absolute Gasteiger partial charge is 0.227 e. The molecule has 0 spiro atoms. The fourth-order valence-corrected chi connectivity index (χ4v) is 6.60. The molecular weight excluding hydrogens is 584 g/mol. The summed E-state index contributed by atoms with van der Waals surface area (Å²) < 4.78 is 23.1. The normalized spacial score (nSPS) is 17.5. The fraction of sp³-hybridized carbons (Fsp3) is 0.684. The van der Waals surface area contributed by atoms with Crippen LogP contribution < -0.4 is 0 Å². The zero-order valence-electron chi connectivity index (χ0n) is 29.5. The number of rotatable bonds is 24. The van der Waals surface area contributed by atoms with E-state index in [1.54, 1.807) is 0 Å². The Morgan fingerprint density at radius 3 is 0.935 bits per heavy atom. The highest BCUT2D eigenvalue weighted by molar-refractivity contribution is 6.12. The number of hydrogen-bond acceptors (Lipinski definition) is 8. The van der Waals surface area contributed by atoms with Crippen molar-refractivity contribution in [3.8, 4) is 0 Å². The number of aliphatic hydroxyl groups excluding tert-OH is 2. The second-order valence-corrected chi connectivity index (χ2v) is 12.4. The monoisotopic (exact) mass is 644 g/mol. The zero-order chi connectivity index (χ0) is 33.9. The lowest BCUT2D eigenvalue weighted by atomic mass is 9.78. The van der Waals surface area contributed by atoms with Gasteiger partial charge in [0.25, 0.3) is 0 Å². The first-order valence-electron chi connectivity index (χ1n) is 17.4. The predicted molar refractivity (Wildman–Crippen MR) is 182 cm³/mol. The van der Waals surface area contributed by atoms with Crippen LogP contribution in [0.3, 0.4) is 0 Å². The van der Waals surface area contributed by atoms with Crippen molar-refractivity contribution in [2.24, 2.45) is 0 Å². The van der Waals surface area contributed by atoms with E-state index < -0.39 is 0 Å². The zero-order valence-corrected chi connectivity index (χ0v) is 29.5. The van der Waals surface area contributed by atoms with Crippen molar-refractivity contribution in [2.45, 2.75) is 129 Å². The molecule has 2 N–H and O–H groups in total. The van der Waals surface area contributed by atoms with Gasteiger partial charge in [-0.2, -0.15) is 0 Å². The van der Waals surface area contributed by atoms with Gasteiger partial charge in [-0.15, -0.1) is 0 Å². The third kappa shape index (κ3) is 10.6. The molecule has 0 aromatic rings. The van der Waals surface area contributed by atoms with Crippen molar-refractivity contribution in [3.05, 3.63) is 56.5 Å². The number of carbonyl (C=O) groups excluding carboxylic acids is 2. The van der Waals surface area contributed by atoms with E-state index in [4.69, 9.17) is 29.2 Å².